The molecule has 0 aliphatic rings. The number of hydrogen-bond acceptors (Lipinski definition) is 1. The van der Waals surface area contributed by atoms with Crippen LogP contribution < -0.4 is 0 Å². The molecule has 2 aromatic carbocycles. The van der Waals surface area contributed by atoms with E-state index in [-0.39, 0.29) is 0 Å². The predicted molar refractivity (Wildman–Crippen MR) is 80.5 cm³/mol. The normalized spacial score (nSPS) is 12.4. The molecule has 0 N–H and O–H groups in total. The molecule has 0 bridgehead atoms. The number of benzene rings is 2. The molecule has 94 valence electrons. The second kappa shape index (κ2) is 6.10. The molecule has 0 amide bonds. The Balaban J connectivity index is 2.32. The van der Waals surface area contributed by atoms with Crippen molar-refractivity contribution in [2.75, 3.05) is 0 Å². The van der Waals surface area contributed by atoms with Crippen LogP contribution in [0.2, 0.25) is 0 Å². The predicted octanol–water partition coefficient (Wildman–Crippen LogP) is 5.66. The van der Waals surface area contributed by atoms with Crippen molar-refractivity contribution in [2.45, 2.75) is 42.9 Å². The van der Waals surface area contributed by atoms with Gasteiger partial charge >= 0.3 is 0 Å². The highest BCUT2D eigenvalue weighted by molar-refractivity contribution is 7.99. The molecule has 18 heavy (non-hydrogen) atoms. The maximum atomic E-state index is 2.30. The Morgan fingerprint density at radius 3 is 2.22 bits per heavy atom. The topological polar surface area (TPSA) is 0 Å². The van der Waals surface area contributed by atoms with Crippen LogP contribution in [0, 0.1) is 6.92 Å². The van der Waals surface area contributed by atoms with Crippen LogP contribution in [0.3, 0.4) is 0 Å². The molecule has 0 aromatic heterocycles. The van der Waals surface area contributed by atoms with E-state index in [4.69, 9.17) is 0 Å². The fraction of sp³-hybridized carbons (Fsp3) is 0.294. The van der Waals surface area contributed by atoms with Crippen molar-refractivity contribution in [3.05, 3.63) is 59.7 Å². The molecule has 1 unspecified atom stereocenters. The lowest BCUT2D eigenvalue weighted by molar-refractivity contribution is 0.719. The summed E-state index contributed by atoms with van der Waals surface area (Å²) in [6.07, 6.45) is 1.19. The maximum absolute atomic E-state index is 2.30. The molecule has 0 saturated heterocycles. The highest BCUT2D eigenvalue weighted by Gasteiger charge is 2.10. The average molecular weight is 256 g/mol. The lowest BCUT2D eigenvalue weighted by Gasteiger charge is -2.15. The molecule has 1 heteroatoms. The first-order valence-electron chi connectivity index (χ1n) is 6.54. The van der Waals surface area contributed by atoms with Crippen molar-refractivity contribution in [3.8, 4) is 0 Å². The van der Waals surface area contributed by atoms with Crippen LogP contribution in [0.15, 0.2) is 58.3 Å². The summed E-state index contributed by atoms with van der Waals surface area (Å²) < 4.78 is 0. The van der Waals surface area contributed by atoms with Crippen molar-refractivity contribution in [2.24, 2.45) is 0 Å². The third-order valence-electron chi connectivity index (χ3n) is 3.38. The van der Waals surface area contributed by atoms with Gasteiger partial charge in [0.05, 0.1) is 0 Å². The molecule has 0 radical (unpaired) electrons. The zero-order chi connectivity index (χ0) is 13.0. The highest BCUT2D eigenvalue weighted by atomic mass is 32.2. The molecule has 1 atom stereocenters. The van der Waals surface area contributed by atoms with Gasteiger partial charge in [0.25, 0.3) is 0 Å². The van der Waals surface area contributed by atoms with Gasteiger partial charge in [0, 0.05) is 9.79 Å². The Bertz CT molecular complexity index is 517. The van der Waals surface area contributed by atoms with Crippen LogP contribution in [0.1, 0.15) is 37.3 Å². The van der Waals surface area contributed by atoms with Gasteiger partial charge in [-0.05, 0) is 42.5 Å². The molecule has 0 fully saturated rings. The molecule has 2 aromatic rings. The van der Waals surface area contributed by atoms with Gasteiger partial charge in [0.15, 0.2) is 0 Å². The molecule has 2 rings (SSSR count). The molecule has 0 heterocycles. The van der Waals surface area contributed by atoms with Crippen LogP contribution >= 0.6 is 11.8 Å². The Hall–Kier alpha value is -1.21. The fourth-order valence-corrected chi connectivity index (χ4v) is 3.14. The quantitative estimate of drug-likeness (QED) is 0.680. The molecule has 0 saturated carbocycles. The van der Waals surface area contributed by atoms with Crippen molar-refractivity contribution in [3.63, 3.8) is 0 Å². The maximum Gasteiger partial charge on any atom is 0.0157 e. The first kappa shape index (κ1) is 13.2. The van der Waals surface area contributed by atoms with Gasteiger partial charge in [-0.3, -0.25) is 0 Å². The second-order valence-corrected chi connectivity index (χ2v) is 5.80. The number of rotatable bonds is 4. The van der Waals surface area contributed by atoms with Gasteiger partial charge in [0.1, 0.15) is 0 Å². The Kier molecular flexibility index (Phi) is 4.48. The zero-order valence-corrected chi connectivity index (χ0v) is 12.1. The van der Waals surface area contributed by atoms with E-state index in [0.717, 1.165) is 0 Å². The second-order valence-electron chi connectivity index (χ2n) is 4.71. The summed E-state index contributed by atoms with van der Waals surface area (Å²) in [7, 11) is 0. The Labute approximate surface area is 114 Å². The summed E-state index contributed by atoms with van der Waals surface area (Å²) in [4.78, 5) is 2.74. The van der Waals surface area contributed by atoms with Crippen molar-refractivity contribution in [1.82, 2.24) is 0 Å². The number of hydrogen-bond donors (Lipinski definition) is 0. The Morgan fingerprint density at radius 2 is 1.56 bits per heavy atom. The monoisotopic (exact) mass is 256 g/mol. The lowest BCUT2D eigenvalue weighted by Crippen LogP contribution is -1.94. The summed E-state index contributed by atoms with van der Waals surface area (Å²) in [5.74, 6) is 0.623. The van der Waals surface area contributed by atoms with Gasteiger partial charge in [-0.15, -0.1) is 0 Å². The minimum absolute atomic E-state index is 0.623. The van der Waals surface area contributed by atoms with E-state index >= 15 is 0 Å². The lowest BCUT2D eigenvalue weighted by atomic mass is 9.99. The van der Waals surface area contributed by atoms with E-state index in [2.05, 4.69) is 69.3 Å². The largest absolute Gasteiger partial charge is 0.0895 e. The summed E-state index contributed by atoms with van der Waals surface area (Å²) in [5, 5.41) is 0. The van der Waals surface area contributed by atoms with Crippen molar-refractivity contribution in [1.29, 1.82) is 0 Å². The number of aryl methyl sites for hydroxylation is 1. The Morgan fingerprint density at radius 1 is 0.944 bits per heavy atom. The van der Waals surface area contributed by atoms with Gasteiger partial charge in [0.2, 0.25) is 0 Å². The molecule has 0 nitrogen and oxygen atoms in total. The van der Waals surface area contributed by atoms with Crippen molar-refractivity contribution < 1.29 is 0 Å². The van der Waals surface area contributed by atoms with Crippen LogP contribution in [0.5, 0.6) is 0 Å². The van der Waals surface area contributed by atoms with Gasteiger partial charge < -0.3 is 0 Å². The summed E-state index contributed by atoms with van der Waals surface area (Å²) in [5.41, 5.74) is 2.81. The van der Waals surface area contributed by atoms with Crippen LogP contribution in [-0.2, 0) is 0 Å². The molecule has 0 aliphatic carbocycles. The molecular formula is C17H20S. The zero-order valence-electron chi connectivity index (χ0n) is 11.3. The van der Waals surface area contributed by atoms with Crippen LogP contribution in [0.25, 0.3) is 0 Å². The van der Waals surface area contributed by atoms with E-state index in [1.54, 1.807) is 0 Å². The van der Waals surface area contributed by atoms with E-state index in [0.29, 0.717) is 5.92 Å². The van der Waals surface area contributed by atoms with Crippen LogP contribution in [0.4, 0.5) is 0 Å². The first-order valence-corrected chi connectivity index (χ1v) is 7.36. The summed E-state index contributed by atoms with van der Waals surface area (Å²) in [6, 6.07) is 17.4. The molecular weight excluding hydrogens is 236 g/mol. The minimum Gasteiger partial charge on any atom is -0.0895 e. The highest BCUT2D eigenvalue weighted by Crippen LogP contribution is 2.36. The SMILES string of the molecule is CCC(C)c1ccccc1Sc1ccccc1C. The molecule has 0 spiro atoms. The van der Waals surface area contributed by atoms with Gasteiger partial charge in [-0.1, -0.05) is 62.0 Å². The van der Waals surface area contributed by atoms with Crippen molar-refractivity contribution >= 4 is 11.8 Å². The summed E-state index contributed by atoms with van der Waals surface area (Å²) in [6.45, 7) is 6.73. The fourth-order valence-electron chi connectivity index (χ4n) is 1.99. The van der Waals surface area contributed by atoms with E-state index in [9.17, 15) is 0 Å². The van der Waals surface area contributed by atoms with E-state index < -0.39 is 0 Å². The third-order valence-corrected chi connectivity index (χ3v) is 4.65. The third kappa shape index (κ3) is 2.97. The average Bonchev–Trinajstić information content (AvgIpc) is 2.41. The van der Waals surface area contributed by atoms with Crippen LogP contribution in [-0.4, -0.2) is 0 Å². The van der Waals surface area contributed by atoms with E-state index in [1.807, 2.05) is 11.8 Å². The molecule has 0 aliphatic heterocycles. The first-order chi connectivity index (χ1) is 8.72. The summed E-state index contributed by atoms with van der Waals surface area (Å²) >= 11 is 1.88. The standard InChI is InChI=1S/C17H20S/c1-4-13(2)15-10-6-8-12-17(15)18-16-11-7-5-9-14(16)3/h5-13H,4H2,1-3H3. The minimum atomic E-state index is 0.623. The van der Waals surface area contributed by atoms with Gasteiger partial charge in [-0.2, -0.15) is 0 Å². The van der Waals surface area contributed by atoms with Gasteiger partial charge in [-0.25, -0.2) is 0 Å². The van der Waals surface area contributed by atoms with E-state index in [1.165, 1.54) is 27.3 Å². The smallest absolute Gasteiger partial charge is 0.0157 e.